The zero-order valence-electron chi connectivity index (χ0n) is 9.27. The van der Waals surface area contributed by atoms with Gasteiger partial charge in [0.15, 0.2) is 0 Å². The zero-order chi connectivity index (χ0) is 12.4. The molecule has 1 aromatic carbocycles. The predicted octanol–water partition coefficient (Wildman–Crippen LogP) is 0.365. The van der Waals surface area contributed by atoms with E-state index in [0.29, 0.717) is 15.5 Å². The summed E-state index contributed by atoms with van der Waals surface area (Å²) < 4.78 is 0.679. The second kappa shape index (κ2) is 5.20. The predicted molar refractivity (Wildman–Crippen MR) is 69.1 cm³/mol. The Morgan fingerprint density at radius 1 is 1.29 bits per heavy atom. The van der Waals surface area contributed by atoms with Crippen molar-refractivity contribution in [3.63, 3.8) is 0 Å². The van der Waals surface area contributed by atoms with Crippen LogP contribution < -0.4 is 5.46 Å². The molecule has 0 saturated carbocycles. The van der Waals surface area contributed by atoms with Crippen LogP contribution in [0.25, 0.3) is 0 Å². The third-order valence-corrected chi connectivity index (χ3v) is 3.60. The molecular formula is C11H13BBrNO3. The van der Waals surface area contributed by atoms with Crippen molar-refractivity contribution in [3.05, 3.63) is 28.2 Å². The molecule has 6 heteroatoms. The molecule has 0 bridgehead atoms. The summed E-state index contributed by atoms with van der Waals surface area (Å²) >= 11 is 3.32. The van der Waals surface area contributed by atoms with Crippen LogP contribution in [0.1, 0.15) is 23.2 Å². The molecule has 1 aliphatic rings. The number of hydrogen-bond donors (Lipinski definition) is 2. The lowest BCUT2D eigenvalue weighted by atomic mass is 9.79. The van der Waals surface area contributed by atoms with E-state index in [4.69, 9.17) is 10.0 Å². The molecule has 0 spiro atoms. The highest BCUT2D eigenvalue weighted by Gasteiger charge is 2.23. The Labute approximate surface area is 109 Å². The highest BCUT2D eigenvalue weighted by Crippen LogP contribution is 2.19. The summed E-state index contributed by atoms with van der Waals surface area (Å²) in [6.07, 6.45) is 2.07. The molecule has 2 rings (SSSR count). The van der Waals surface area contributed by atoms with Gasteiger partial charge in [-0.25, -0.2) is 0 Å². The van der Waals surface area contributed by atoms with Gasteiger partial charge in [-0.15, -0.1) is 0 Å². The molecule has 17 heavy (non-hydrogen) atoms. The molecule has 1 aromatic rings. The van der Waals surface area contributed by atoms with Crippen molar-refractivity contribution in [2.75, 3.05) is 13.1 Å². The number of benzene rings is 1. The average molecular weight is 298 g/mol. The van der Waals surface area contributed by atoms with Crippen LogP contribution in [0.2, 0.25) is 0 Å². The van der Waals surface area contributed by atoms with Crippen LogP contribution >= 0.6 is 15.9 Å². The van der Waals surface area contributed by atoms with Crippen LogP contribution in [0.4, 0.5) is 0 Å². The number of carbonyl (C=O) groups is 1. The number of rotatable bonds is 2. The Balaban J connectivity index is 2.29. The van der Waals surface area contributed by atoms with E-state index in [1.54, 1.807) is 17.0 Å². The van der Waals surface area contributed by atoms with Crippen molar-refractivity contribution in [2.45, 2.75) is 12.8 Å². The SMILES string of the molecule is O=C(c1cc(B(O)O)ccc1Br)N1CCCC1. The molecule has 1 aliphatic heterocycles. The van der Waals surface area contributed by atoms with Gasteiger partial charge in [0.1, 0.15) is 0 Å². The lowest BCUT2D eigenvalue weighted by molar-refractivity contribution is 0.0792. The van der Waals surface area contributed by atoms with Crippen molar-refractivity contribution in [1.29, 1.82) is 0 Å². The van der Waals surface area contributed by atoms with Crippen LogP contribution in [0.5, 0.6) is 0 Å². The molecule has 1 amide bonds. The van der Waals surface area contributed by atoms with E-state index in [2.05, 4.69) is 15.9 Å². The van der Waals surface area contributed by atoms with E-state index < -0.39 is 7.12 Å². The normalized spacial score (nSPS) is 15.1. The molecule has 0 aliphatic carbocycles. The van der Waals surface area contributed by atoms with Gasteiger partial charge in [-0.2, -0.15) is 0 Å². The zero-order valence-corrected chi connectivity index (χ0v) is 10.9. The standard InChI is InChI=1S/C11H13BBrNO3/c13-10-4-3-8(12(16)17)7-9(10)11(15)14-5-1-2-6-14/h3-4,7,16-17H,1-2,5-6H2. The van der Waals surface area contributed by atoms with Crippen LogP contribution in [0, 0.1) is 0 Å². The summed E-state index contributed by atoms with van der Waals surface area (Å²) in [5.41, 5.74) is 0.813. The first-order chi connectivity index (χ1) is 8.09. The van der Waals surface area contributed by atoms with E-state index in [0.717, 1.165) is 25.9 Å². The number of likely N-dealkylation sites (tertiary alicyclic amines) is 1. The van der Waals surface area contributed by atoms with Gasteiger partial charge in [0.2, 0.25) is 0 Å². The molecule has 90 valence electrons. The third kappa shape index (κ3) is 2.70. The Morgan fingerprint density at radius 3 is 2.53 bits per heavy atom. The van der Waals surface area contributed by atoms with Gasteiger partial charge in [-0.3, -0.25) is 4.79 Å². The minimum Gasteiger partial charge on any atom is -0.423 e. The van der Waals surface area contributed by atoms with E-state index in [9.17, 15) is 4.79 Å². The van der Waals surface area contributed by atoms with Crippen molar-refractivity contribution < 1.29 is 14.8 Å². The molecular weight excluding hydrogens is 285 g/mol. The lowest BCUT2D eigenvalue weighted by Crippen LogP contribution is -2.33. The van der Waals surface area contributed by atoms with Gasteiger partial charge in [-0.1, -0.05) is 6.07 Å². The van der Waals surface area contributed by atoms with Crippen LogP contribution in [-0.2, 0) is 0 Å². The first-order valence-electron chi connectivity index (χ1n) is 5.54. The summed E-state index contributed by atoms with van der Waals surface area (Å²) in [5, 5.41) is 18.2. The second-order valence-corrected chi connectivity index (χ2v) is 4.97. The number of amides is 1. The van der Waals surface area contributed by atoms with Crippen LogP contribution in [0.15, 0.2) is 22.7 Å². The monoisotopic (exact) mass is 297 g/mol. The highest BCUT2D eigenvalue weighted by atomic mass is 79.9. The fourth-order valence-electron chi connectivity index (χ4n) is 1.96. The largest absolute Gasteiger partial charge is 0.488 e. The quantitative estimate of drug-likeness (QED) is 0.775. The van der Waals surface area contributed by atoms with Gasteiger partial charge < -0.3 is 14.9 Å². The Morgan fingerprint density at radius 2 is 1.94 bits per heavy atom. The Hall–Kier alpha value is -0.845. The number of carbonyl (C=O) groups excluding carboxylic acids is 1. The summed E-state index contributed by atoms with van der Waals surface area (Å²) in [6.45, 7) is 1.55. The molecule has 0 atom stereocenters. The van der Waals surface area contributed by atoms with Gasteiger partial charge in [0.05, 0.1) is 5.56 Å². The molecule has 1 heterocycles. The Bertz CT molecular complexity index is 433. The summed E-state index contributed by atoms with van der Waals surface area (Å²) in [7, 11) is -1.55. The van der Waals surface area contributed by atoms with Crippen molar-refractivity contribution in [1.82, 2.24) is 4.90 Å². The molecule has 2 N–H and O–H groups in total. The number of nitrogens with zero attached hydrogens (tertiary/aromatic N) is 1. The molecule has 4 nitrogen and oxygen atoms in total. The lowest BCUT2D eigenvalue weighted by Gasteiger charge is -2.16. The first kappa shape index (κ1) is 12.6. The molecule has 0 aromatic heterocycles. The molecule has 1 fully saturated rings. The fourth-order valence-corrected chi connectivity index (χ4v) is 2.37. The summed E-state index contributed by atoms with van der Waals surface area (Å²) in [6, 6.07) is 4.77. The third-order valence-electron chi connectivity index (χ3n) is 2.91. The van der Waals surface area contributed by atoms with Crippen molar-refractivity contribution in [3.8, 4) is 0 Å². The molecule has 0 unspecified atom stereocenters. The van der Waals surface area contributed by atoms with Crippen LogP contribution in [-0.4, -0.2) is 41.1 Å². The van der Waals surface area contributed by atoms with Crippen molar-refractivity contribution >= 4 is 34.4 Å². The van der Waals surface area contributed by atoms with Gasteiger partial charge in [-0.05, 0) is 46.4 Å². The minimum absolute atomic E-state index is 0.0584. The maximum Gasteiger partial charge on any atom is 0.488 e. The fraction of sp³-hybridized carbons (Fsp3) is 0.364. The van der Waals surface area contributed by atoms with E-state index in [1.165, 1.54) is 6.07 Å². The molecule has 0 radical (unpaired) electrons. The second-order valence-electron chi connectivity index (χ2n) is 4.11. The highest BCUT2D eigenvalue weighted by molar-refractivity contribution is 9.10. The van der Waals surface area contributed by atoms with Gasteiger partial charge >= 0.3 is 7.12 Å². The maximum absolute atomic E-state index is 12.2. The summed E-state index contributed by atoms with van der Waals surface area (Å²) in [4.78, 5) is 14.0. The smallest absolute Gasteiger partial charge is 0.423 e. The molecule has 1 saturated heterocycles. The van der Waals surface area contributed by atoms with Crippen molar-refractivity contribution in [2.24, 2.45) is 0 Å². The van der Waals surface area contributed by atoms with Gasteiger partial charge in [0, 0.05) is 17.6 Å². The minimum atomic E-state index is -1.55. The van der Waals surface area contributed by atoms with E-state index in [-0.39, 0.29) is 5.91 Å². The number of hydrogen-bond acceptors (Lipinski definition) is 3. The summed E-state index contributed by atoms with van der Waals surface area (Å²) in [5.74, 6) is -0.0584. The van der Waals surface area contributed by atoms with E-state index >= 15 is 0 Å². The number of halogens is 1. The Kier molecular flexibility index (Phi) is 3.86. The topological polar surface area (TPSA) is 60.8 Å². The average Bonchev–Trinajstić information content (AvgIpc) is 2.81. The first-order valence-corrected chi connectivity index (χ1v) is 6.34. The maximum atomic E-state index is 12.2. The van der Waals surface area contributed by atoms with Crippen LogP contribution in [0.3, 0.4) is 0 Å². The van der Waals surface area contributed by atoms with E-state index in [1.807, 2.05) is 0 Å². The van der Waals surface area contributed by atoms with Gasteiger partial charge in [0.25, 0.3) is 5.91 Å².